The van der Waals surface area contributed by atoms with Gasteiger partial charge in [0, 0.05) is 34.9 Å². The van der Waals surface area contributed by atoms with Gasteiger partial charge in [-0.3, -0.25) is 14.2 Å². The first kappa shape index (κ1) is 16.6. The lowest BCUT2D eigenvalue weighted by Crippen LogP contribution is -2.26. The lowest BCUT2D eigenvalue weighted by atomic mass is 10.3. The summed E-state index contributed by atoms with van der Waals surface area (Å²) in [5.41, 5.74) is 1.74. The number of carbonyl (C=O) groups is 1. The molecular formula is C17H18N6O2S. The molecule has 0 saturated heterocycles. The highest BCUT2D eigenvalue weighted by Gasteiger charge is 2.28. The molecule has 8 nitrogen and oxygen atoms in total. The number of nitrogens with zero attached hydrogens (tertiary/aromatic N) is 5. The molecule has 0 bridgehead atoms. The Morgan fingerprint density at radius 3 is 2.65 bits per heavy atom. The molecule has 3 heterocycles. The molecule has 9 heteroatoms. The maximum atomic E-state index is 12.5. The molecule has 0 atom stereocenters. The van der Waals surface area contributed by atoms with E-state index in [1.54, 1.807) is 23.1 Å². The highest BCUT2D eigenvalue weighted by Crippen LogP contribution is 2.40. The summed E-state index contributed by atoms with van der Waals surface area (Å²) in [4.78, 5) is 33.7. The van der Waals surface area contributed by atoms with Crippen LogP contribution in [0.5, 0.6) is 0 Å². The van der Waals surface area contributed by atoms with Crippen molar-refractivity contribution in [2.45, 2.75) is 39.2 Å². The lowest BCUT2D eigenvalue weighted by molar-refractivity contribution is -0.116. The van der Waals surface area contributed by atoms with E-state index in [4.69, 9.17) is 0 Å². The zero-order valence-corrected chi connectivity index (χ0v) is 15.3. The van der Waals surface area contributed by atoms with Crippen LogP contribution in [0.25, 0.3) is 5.95 Å². The van der Waals surface area contributed by atoms with Crippen molar-refractivity contribution in [3.63, 3.8) is 0 Å². The predicted molar refractivity (Wildman–Crippen MR) is 97.8 cm³/mol. The van der Waals surface area contributed by atoms with Crippen LogP contribution in [0.15, 0.2) is 29.3 Å². The summed E-state index contributed by atoms with van der Waals surface area (Å²) >= 11 is 1.15. The minimum Gasteiger partial charge on any atom is -0.309 e. The van der Waals surface area contributed by atoms with Crippen LogP contribution >= 0.6 is 11.3 Å². The quantitative estimate of drug-likeness (QED) is 0.741. The molecule has 0 aromatic carbocycles. The van der Waals surface area contributed by atoms with Gasteiger partial charge in [-0.2, -0.15) is 9.78 Å². The van der Waals surface area contributed by atoms with Crippen molar-refractivity contribution in [2.24, 2.45) is 0 Å². The van der Waals surface area contributed by atoms with Crippen LogP contribution in [0.4, 0.5) is 5.82 Å². The topological polar surface area (TPSA) is 94.7 Å². The molecule has 26 heavy (non-hydrogen) atoms. The van der Waals surface area contributed by atoms with E-state index >= 15 is 0 Å². The Hall–Kier alpha value is -2.81. The molecule has 1 fully saturated rings. The minimum atomic E-state index is -0.285. The van der Waals surface area contributed by atoms with Gasteiger partial charge in [0.25, 0.3) is 5.95 Å². The number of anilines is 1. The molecule has 1 N–H and O–H groups in total. The van der Waals surface area contributed by atoms with Gasteiger partial charge >= 0.3 is 4.87 Å². The number of nitrogens with one attached hydrogen (secondary N) is 1. The molecule has 3 aromatic heterocycles. The van der Waals surface area contributed by atoms with E-state index in [1.807, 2.05) is 19.9 Å². The van der Waals surface area contributed by atoms with E-state index in [2.05, 4.69) is 20.4 Å². The molecule has 0 unspecified atom stereocenters. The summed E-state index contributed by atoms with van der Waals surface area (Å²) in [6.45, 7) is 3.68. The van der Waals surface area contributed by atoms with E-state index in [9.17, 15) is 9.59 Å². The number of aromatic nitrogens is 5. The van der Waals surface area contributed by atoms with E-state index in [0.717, 1.165) is 40.4 Å². The van der Waals surface area contributed by atoms with Gasteiger partial charge in [-0.1, -0.05) is 11.3 Å². The second-order valence-corrected chi connectivity index (χ2v) is 7.50. The van der Waals surface area contributed by atoms with Crippen LogP contribution in [-0.2, 0) is 11.3 Å². The molecule has 1 aliphatic rings. The maximum Gasteiger partial charge on any atom is 0.308 e. The summed E-state index contributed by atoms with van der Waals surface area (Å²) in [5.74, 6) is 1.06. The Labute approximate surface area is 153 Å². The summed E-state index contributed by atoms with van der Waals surface area (Å²) in [7, 11) is 0. The Morgan fingerprint density at radius 2 is 2.04 bits per heavy atom. The van der Waals surface area contributed by atoms with Crippen LogP contribution in [0.1, 0.15) is 35.0 Å². The SMILES string of the molecule is Cc1sc(=O)n(CC(=O)Nc2cc(C3CC3)nn2-c2ncccn2)c1C. The molecule has 134 valence electrons. The largest absolute Gasteiger partial charge is 0.309 e. The number of hydrogen-bond acceptors (Lipinski definition) is 6. The molecule has 3 aromatic rings. The maximum absolute atomic E-state index is 12.5. The van der Waals surface area contributed by atoms with Gasteiger partial charge in [0.2, 0.25) is 5.91 Å². The monoisotopic (exact) mass is 370 g/mol. The number of carbonyl (C=O) groups excluding carboxylic acids is 1. The minimum absolute atomic E-state index is 0.0331. The summed E-state index contributed by atoms with van der Waals surface area (Å²) in [6, 6.07) is 3.58. The van der Waals surface area contributed by atoms with Crippen molar-refractivity contribution in [1.82, 2.24) is 24.3 Å². The zero-order chi connectivity index (χ0) is 18.3. The fourth-order valence-corrected chi connectivity index (χ4v) is 3.55. The van der Waals surface area contributed by atoms with Crippen molar-refractivity contribution in [2.75, 3.05) is 5.32 Å². The molecule has 0 aliphatic heterocycles. The fraction of sp³-hybridized carbons (Fsp3) is 0.353. The predicted octanol–water partition coefficient (Wildman–Crippen LogP) is 2.02. The molecule has 4 rings (SSSR count). The van der Waals surface area contributed by atoms with Crippen molar-refractivity contribution < 1.29 is 4.79 Å². The first-order valence-electron chi connectivity index (χ1n) is 8.37. The number of thiazole rings is 1. The van der Waals surface area contributed by atoms with Crippen LogP contribution in [0.3, 0.4) is 0 Å². The summed E-state index contributed by atoms with van der Waals surface area (Å²) in [5, 5.41) is 7.40. The molecule has 0 radical (unpaired) electrons. The average Bonchev–Trinajstić information content (AvgIpc) is 3.35. The number of hydrogen-bond donors (Lipinski definition) is 1. The van der Waals surface area contributed by atoms with E-state index < -0.39 is 0 Å². The van der Waals surface area contributed by atoms with Gasteiger partial charge in [-0.15, -0.1) is 0 Å². The standard InChI is InChI=1S/C17H18N6O2S/c1-10-11(2)26-17(25)22(10)9-15(24)20-14-8-13(12-4-5-12)21-23(14)16-18-6-3-7-19-16/h3,6-8,12H,4-5,9H2,1-2H3,(H,20,24). The third kappa shape index (κ3) is 3.17. The van der Waals surface area contributed by atoms with E-state index in [1.165, 1.54) is 4.57 Å². The Bertz CT molecular complexity index is 1020. The van der Waals surface area contributed by atoms with Gasteiger partial charge in [0.15, 0.2) is 0 Å². The highest BCUT2D eigenvalue weighted by atomic mass is 32.1. The highest BCUT2D eigenvalue weighted by molar-refractivity contribution is 7.09. The second-order valence-electron chi connectivity index (χ2n) is 6.33. The molecular weight excluding hydrogens is 352 g/mol. The van der Waals surface area contributed by atoms with Crippen molar-refractivity contribution >= 4 is 23.1 Å². The van der Waals surface area contributed by atoms with Crippen LogP contribution in [0, 0.1) is 13.8 Å². The molecule has 1 amide bonds. The number of amides is 1. The number of rotatable bonds is 5. The van der Waals surface area contributed by atoms with Gasteiger partial charge in [0.1, 0.15) is 12.4 Å². The van der Waals surface area contributed by atoms with Crippen LogP contribution in [0.2, 0.25) is 0 Å². The van der Waals surface area contributed by atoms with Crippen LogP contribution in [-0.4, -0.2) is 30.2 Å². The fourth-order valence-electron chi connectivity index (χ4n) is 2.72. The van der Waals surface area contributed by atoms with Gasteiger partial charge in [-0.05, 0) is 32.8 Å². The Balaban J connectivity index is 1.61. The summed E-state index contributed by atoms with van der Waals surface area (Å²) < 4.78 is 3.02. The van der Waals surface area contributed by atoms with Crippen LogP contribution < -0.4 is 10.2 Å². The summed E-state index contributed by atoms with van der Waals surface area (Å²) in [6.07, 6.45) is 5.46. The lowest BCUT2D eigenvalue weighted by Gasteiger charge is -2.08. The molecule has 0 spiro atoms. The van der Waals surface area contributed by atoms with Gasteiger partial charge in [0.05, 0.1) is 5.69 Å². The van der Waals surface area contributed by atoms with Crippen molar-refractivity contribution in [1.29, 1.82) is 0 Å². The second kappa shape index (κ2) is 6.49. The van der Waals surface area contributed by atoms with Crippen molar-refractivity contribution in [3.05, 3.63) is 50.5 Å². The van der Waals surface area contributed by atoms with E-state index in [-0.39, 0.29) is 17.3 Å². The first-order chi connectivity index (χ1) is 12.5. The normalized spacial score (nSPS) is 13.8. The van der Waals surface area contributed by atoms with Gasteiger partial charge in [-0.25, -0.2) is 9.97 Å². The Morgan fingerprint density at radius 1 is 1.31 bits per heavy atom. The Kier molecular flexibility index (Phi) is 4.15. The third-order valence-electron chi connectivity index (χ3n) is 4.41. The third-order valence-corrected chi connectivity index (χ3v) is 5.41. The molecule has 1 saturated carbocycles. The smallest absolute Gasteiger partial charge is 0.308 e. The first-order valence-corrected chi connectivity index (χ1v) is 9.18. The van der Waals surface area contributed by atoms with Gasteiger partial charge < -0.3 is 5.32 Å². The number of aryl methyl sites for hydroxylation is 1. The zero-order valence-electron chi connectivity index (χ0n) is 14.5. The van der Waals surface area contributed by atoms with E-state index in [0.29, 0.717) is 17.7 Å². The average molecular weight is 370 g/mol. The molecule has 1 aliphatic carbocycles. The van der Waals surface area contributed by atoms with Crippen molar-refractivity contribution in [3.8, 4) is 5.95 Å².